The minimum absolute atomic E-state index is 0.0863. The van der Waals surface area contributed by atoms with Gasteiger partial charge in [0.2, 0.25) is 5.89 Å². The van der Waals surface area contributed by atoms with E-state index in [0.29, 0.717) is 28.2 Å². The summed E-state index contributed by atoms with van der Waals surface area (Å²) in [6.45, 7) is 0. The number of fused-ring (bicyclic) bond motifs is 1. The summed E-state index contributed by atoms with van der Waals surface area (Å²) in [6.07, 6.45) is 4.89. The molecule has 0 saturated carbocycles. The second-order valence-corrected chi connectivity index (χ2v) is 6.05. The van der Waals surface area contributed by atoms with E-state index in [1.807, 2.05) is 12.1 Å². The number of halogens is 1. The topological polar surface area (TPSA) is 94.4 Å². The summed E-state index contributed by atoms with van der Waals surface area (Å²) < 4.78 is 5.78. The first-order chi connectivity index (χ1) is 13.1. The van der Waals surface area contributed by atoms with Gasteiger partial charge in [0, 0.05) is 30.7 Å². The second kappa shape index (κ2) is 6.97. The van der Waals surface area contributed by atoms with E-state index in [-0.39, 0.29) is 10.7 Å². The highest BCUT2D eigenvalue weighted by molar-refractivity contribution is 6.32. The zero-order valence-corrected chi connectivity index (χ0v) is 14.5. The first-order valence-electron chi connectivity index (χ1n) is 7.89. The first-order valence-corrected chi connectivity index (χ1v) is 8.27. The van der Waals surface area contributed by atoms with Gasteiger partial charge in [-0.25, -0.2) is 4.98 Å². The molecule has 0 aliphatic rings. The van der Waals surface area contributed by atoms with Crippen LogP contribution in [0.5, 0.6) is 0 Å². The van der Waals surface area contributed by atoms with Gasteiger partial charge in [-0.05, 0) is 35.9 Å². The molecule has 0 radical (unpaired) electrons. The summed E-state index contributed by atoms with van der Waals surface area (Å²) in [5.41, 5.74) is 3.12. The highest BCUT2D eigenvalue weighted by Crippen LogP contribution is 2.27. The Morgan fingerprint density at radius 1 is 1.19 bits per heavy atom. The number of nitro benzene ring substituents is 1. The number of aromatic nitrogens is 2. The maximum absolute atomic E-state index is 11.0. The van der Waals surface area contributed by atoms with Gasteiger partial charge in [-0.15, -0.1) is 0 Å². The quantitative estimate of drug-likeness (QED) is 0.276. The summed E-state index contributed by atoms with van der Waals surface area (Å²) in [4.78, 5) is 23.3. The predicted octanol–water partition coefficient (Wildman–Crippen LogP) is 5.20. The molecule has 0 fully saturated rings. The van der Waals surface area contributed by atoms with E-state index in [2.05, 4.69) is 15.0 Å². The predicted molar refractivity (Wildman–Crippen MR) is 103 cm³/mol. The monoisotopic (exact) mass is 378 g/mol. The summed E-state index contributed by atoms with van der Waals surface area (Å²) >= 11 is 5.82. The third-order valence-corrected chi connectivity index (χ3v) is 4.13. The molecule has 0 N–H and O–H groups in total. The number of pyridine rings is 1. The van der Waals surface area contributed by atoms with Gasteiger partial charge in [-0.1, -0.05) is 17.7 Å². The zero-order chi connectivity index (χ0) is 18.8. The summed E-state index contributed by atoms with van der Waals surface area (Å²) in [5.74, 6) is 0.479. The first kappa shape index (κ1) is 16.9. The summed E-state index contributed by atoms with van der Waals surface area (Å²) in [5, 5.41) is 11.1. The molecule has 0 aliphatic heterocycles. The molecule has 2 aromatic heterocycles. The molecule has 0 bridgehead atoms. The molecule has 7 nitrogen and oxygen atoms in total. The lowest BCUT2D eigenvalue weighted by Gasteiger charge is -1.97. The molecule has 2 aromatic carbocycles. The Kier molecular flexibility index (Phi) is 4.35. The van der Waals surface area contributed by atoms with Gasteiger partial charge < -0.3 is 4.42 Å². The Balaban J connectivity index is 1.64. The average molecular weight is 379 g/mol. The molecule has 0 atom stereocenters. The Labute approximate surface area is 158 Å². The van der Waals surface area contributed by atoms with Gasteiger partial charge in [-0.3, -0.25) is 20.1 Å². The third-order valence-electron chi connectivity index (χ3n) is 3.81. The Morgan fingerprint density at radius 3 is 2.85 bits per heavy atom. The molecule has 4 aromatic rings. The molecule has 0 unspecified atom stereocenters. The number of nitro groups is 1. The highest BCUT2D eigenvalue weighted by atomic mass is 35.5. The lowest BCUT2D eigenvalue weighted by atomic mass is 10.2. The van der Waals surface area contributed by atoms with Crippen molar-refractivity contribution in [3.05, 3.63) is 81.6 Å². The van der Waals surface area contributed by atoms with Crippen molar-refractivity contribution in [3.8, 4) is 11.5 Å². The maximum atomic E-state index is 11.0. The van der Waals surface area contributed by atoms with Crippen LogP contribution >= 0.6 is 11.6 Å². The average Bonchev–Trinajstić information content (AvgIpc) is 3.11. The second-order valence-electron chi connectivity index (χ2n) is 5.64. The molecule has 0 aliphatic carbocycles. The van der Waals surface area contributed by atoms with Gasteiger partial charge in [-0.2, -0.15) is 0 Å². The van der Waals surface area contributed by atoms with E-state index in [4.69, 9.17) is 16.0 Å². The van der Waals surface area contributed by atoms with E-state index in [9.17, 15) is 10.1 Å². The molecule has 132 valence electrons. The number of hydrogen-bond donors (Lipinski definition) is 0. The number of rotatable bonds is 4. The minimum atomic E-state index is -0.528. The fourth-order valence-electron chi connectivity index (χ4n) is 2.51. The lowest BCUT2D eigenvalue weighted by Crippen LogP contribution is -1.91. The lowest BCUT2D eigenvalue weighted by molar-refractivity contribution is -0.384. The van der Waals surface area contributed by atoms with Crippen LogP contribution < -0.4 is 0 Å². The molecule has 0 amide bonds. The van der Waals surface area contributed by atoms with Crippen molar-refractivity contribution in [2.24, 2.45) is 4.99 Å². The van der Waals surface area contributed by atoms with Crippen LogP contribution in [0.15, 0.2) is 70.3 Å². The van der Waals surface area contributed by atoms with Gasteiger partial charge >= 0.3 is 0 Å². The van der Waals surface area contributed by atoms with E-state index >= 15 is 0 Å². The fourth-order valence-corrected chi connectivity index (χ4v) is 2.69. The standard InChI is InChI=1S/C19H11ClN4O3/c20-15-5-3-12(8-17(15)24(25)26)10-22-14-4-6-16-18(9-14)27-19(23-16)13-2-1-7-21-11-13/h1-11H. The van der Waals surface area contributed by atoms with Crippen molar-refractivity contribution in [2.45, 2.75) is 0 Å². The van der Waals surface area contributed by atoms with Crippen molar-refractivity contribution >= 4 is 40.3 Å². The molecule has 2 heterocycles. The molecular formula is C19H11ClN4O3. The Bertz CT molecular complexity index is 1170. The molecule has 0 spiro atoms. The molecular weight excluding hydrogens is 368 g/mol. The van der Waals surface area contributed by atoms with Crippen LogP contribution in [-0.2, 0) is 0 Å². The molecule has 27 heavy (non-hydrogen) atoms. The van der Waals surface area contributed by atoms with Crippen molar-refractivity contribution in [1.29, 1.82) is 0 Å². The normalized spacial score (nSPS) is 11.3. The number of hydrogen-bond acceptors (Lipinski definition) is 6. The summed E-state index contributed by atoms with van der Waals surface area (Å²) in [6, 6.07) is 13.5. The molecule has 8 heteroatoms. The fraction of sp³-hybridized carbons (Fsp3) is 0. The van der Waals surface area contributed by atoms with E-state index in [0.717, 1.165) is 5.56 Å². The number of aliphatic imine (C=N–C) groups is 1. The van der Waals surface area contributed by atoms with Crippen molar-refractivity contribution in [2.75, 3.05) is 0 Å². The zero-order valence-electron chi connectivity index (χ0n) is 13.7. The smallest absolute Gasteiger partial charge is 0.288 e. The maximum Gasteiger partial charge on any atom is 0.288 e. The number of benzene rings is 2. The van der Waals surface area contributed by atoms with Crippen LogP contribution in [0.1, 0.15) is 5.56 Å². The van der Waals surface area contributed by atoms with Crippen LogP contribution in [0.3, 0.4) is 0 Å². The molecule has 4 rings (SSSR count). The van der Waals surface area contributed by atoms with E-state index in [1.165, 1.54) is 18.3 Å². The largest absolute Gasteiger partial charge is 0.436 e. The Morgan fingerprint density at radius 2 is 2.07 bits per heavy atom. The van der Waals surface area contributed by atoms with Gasteiger partial charge in [0.1, 0.15) is 10.5 Å². The number of oxazole rings is 1. The summed E-state index contributed by atoms with van der Waals surface area (Å²) in [7, 11) is 0. The van der Waals surface area contributed by atoms with E-state index in [1.54, 1.807) is 36.7 Å². The van der Waals surface area contributed by atoms with Crippen LogP contribution in [-0.4, -0.2) is 21.1 Å². The van der Waals surface area contributed by atoms with E-state index < -0.39 is 4.92 Å². The Hall–Kier alpha value is -3.58. The van der Waals surface area contributed by atoms with Crippen LogP contribution in [0.4, 0.5) is 11.4 Å². The SMILES string of the molecule is O=[N+]([O-])c1cc(C=Nc2ccc3nc(-c4cccnc4)oc3c2)ccc1Cl. The third kappa shape index (κ3) is 3.54. The van der Waals surface area contributed by atoms with Crippen LogP contribution in [0.2, 0.25) is 5.02 Å². The number of nitrogens with zero attached hydrogens (tertiary/aromatic N) is 4. The van der Waals surface area contributed by atoms with Crippen LogP contribution in [0, 0.1) is 10.1 Å². The van der Waals surface area contributed by atoms with Gasteiger partial charge in [0.05, 0.1) is 16.2 Å². The van der Waals surface area contributed by atoms with Gasteiger partial charge in [0.25, 0.3) is 5.69 Å². The van der Waals surface area contributed by atoms with Gasteiger partial charge in [0.15, 0.2) is 5.58 Å². The van der Waals surface area contributed by atoms with Crippen molar-refractivity contribution in [1.82, 2.24) is 9.97 Å². The van der Waals surface area contributed by atoms with Crippen molar-refractivity contribution < 1.29 is 9.34 Å². The van der Waals surface area contributed by atoms with Crippen molar-refractivity contribution in [3.63, 3.8) is 0 Å². The highest BCUT2D eigenvalue weighted by Gasteiger charge is 2.12. The minimum Gasteiger partial charge on any atom is -0.436 e. The van der Waals surface area contributed by atoms with Crippen LogP contribution in [0.25, 0.3) is 22.6 Å². The molecule has 0 saturated heterocycles.